The highest BCUT2D eigenvalue weighted by Crippen LogP contribution is 2.39. The highest BCUT2D eigenvalue weighted by molar-refractivity contribution is 5.76. The molecule has 1 unspecified atom stereocenters. The van der Waals surface area contributed by atoms with E-state index in [1.54, 1.807) is 6.07 Å². The largest absolute Gasteiger partial charge is 0.471 e. The molecule has 0 spiro atoms. The molecule has 1 saturated heterocycles. The summed E-state index contributed by atoms with van der Waals surface area (Å²) in [4.78, 5) is 14.2. The second-order valence-corrected chi connectivity index (χ2v) is 9.56. The number of ether oxygens (including phenoxy) is 2. The van der Waals surface area contributed by atoms with Gasteiger partial charge in [0, 0.05) is 18.7 Å². The molecule has 8 nitrogen and oxygen atoms in total. The highest BCUT2D eigenvalue weighted by Gasteiger charge is 2.46. The van der Waals surface area contributed by atoms with Crippen molar-refractivity contribution < 1.29 is 22.6 Å². The first kappa shape index (κ1) is 24.0. The predicted molar refractivity (Wildman–Crippen MR) is 121 cm³/mol. The molecule has 11 heteroatoms. The molecule has 3 aromatic rings. The second-order valence-electron chi connectivity index (χ2n) is 9.56. The molecule has 0 amide bonds. The van der Waals surface area contributed by atoms with E-state index in [2.05, 4.69) is 20.1 Å². The van der Waals surface area contributed by atoms with Gasteiger partial charge in [-0.25, -0.2) is 18.7 Å². The number of anilines is 1. The minimum atomic E-state index is -2.87. The highest BCUT2D eigenvalue weighted by atomic mass is 19.3. The number of nitrogens with zero attached hydrogens (tertiary/aromatic N) is 6. The Morgan fingerprint density at radius 3 is 2.62 bits per heavy atom. The van der Waals surface area contributed by atoms with Gasteiger partial charge in [0.25, 0.3) is 5.92 Å². The maximum atomic E-state index is 14.5. The molecule has 0 N–H and O–H groups in total. The lowest BCUT2D eigenvalue weighted by Gasteiger charge is -2.23. The first-order valence-electron chi connectivity index (χ1n) is 11.3. The molecule has 1 aliphatic rings. The van der Waals surface area contributed by atoms with Gasteiger partial charge in [0.1, 0.15) is 11.3 Å². The molecule has 0 radical (unpaired) electrons. The van der Waals surface area contributed by atoms with Crippen LogP contribution in [-0.2, 0) is 0 Å². The van der Waals surface area contributed by atoms with Crippen molar-refractivity contribution in [3.63, 3.8) is 0 Å². The molecule has 4 rings (SSSR count). The molecule has 184 valence electrons. The van der Waals surface area contributed by atoms with E-state index < -0.39 is 29.9 Å². The van der Waals surface area contributed by atoms with Crippen molar-refractivity contribution in [2.45, 2.75) is 59.0 Å². The van der Waals surface area contributed by atoms with E-state index in [9.17, 15) is 13.2 Å². The van der Waals surface area contributed by atoms with E-state index in [0.29, 0.717) is 17.9 Å². The van der Waals surface area contributed by atoms with Gasteiger partial charge in [0.2, 0.25) is 11.8 Å². The van der Waals surface area contributed by atoms with E-state index in [-0.39, 0.29) is 29.8 Å². The third-order valence-electron chi connectivity index (χ3n) is 5.50. The topological polar surface area (TPSA) is 77.7 Å². The number of fused-ring (bicyclic) bond motifs is 1. The minimum Gasteiger partial charge on any atom is -0.471 e. The van der Waals surface area contributed by atoms with Gasteiger partial charge in [-0.2, -0.15) is 19.0 Å². The fourth-order valence-corrected chi connectivity index (χ4v) is 3.68. The zero-order valence-corrected chi connectivity index (χ0v) is 20.0. The Labute approximate surface area is 196 Å². The van der Waals surface area contributed by atoms with Crippen LogP contribution in [0.4, 0.5) is 18.9 Å². The second kappa shape index (κ2) is 8.92. The van der Waals surface area contributed by atoms with Crippen molar-refractivity contribution >= 4 is 11.3 Å². The van der Waals surface area contributed by atoms with Crippen LogP contribution in [0.25, 0.3) is 16.9 Å². The quantitative estimate of drug-likeness (QED) is 0.453. The zero-order chi connectivity index (χ0) is 24.7. The predicted octanol–water partition coefficient (Wildman–Crippen LogP) is 4.77. The van der Waals surface area contributed by atoms with Crippen molar-refractivity contribution in [1.29, 1.82) is 0 Å². The summed E-state index contributed by atoms with van der Waals surface area (Å²) in [5.74, 6) is -4.23. The van der Waals surface area contributed by atoms with Crippen molar-refractivity contribution in [2.75, 3.05) is 24.6 Å². The van der Waals surface area contributed by atoms with Crippen LogP contribution in [0.15, 0.2) is 18.5 Å². The Kier molecular flexibility index (Phi) is 6.30. The molecule has 0 aliphatic carbocycles. The monoisotopic (exact) mass is 478 g/mol. The van der Waals surface area contributed by atoms with Crippen LogP contribution >= 0.6 is 0 Å². The Balaban J connectivity index is 1.82. The lowest BCUT2D eigenvalue weighted by atomic mass is 10.1. The normalized spacial score (nSPS) is 18.0. The van der Waals surface area contributed by atoms with Gasteiger partial charge in [-0.15, -0.1) is 0 Å². The van der Waals surface area contributed by atoms with E-state index in [1.165, 1.54) is 18.0 Å². The van der Waals surface area contributed by atoms with Crippen LogP contribution < -0.4 is 14.4 Å². The number of hydrogen-bond acceptors (Lipinski definition) is 7. The third-order valence-corrected chi connectivity index (χ3v) is 5.50. The SMILES string of the molecule is CCCCOc1ncc(-c2cc(N3CC(C)C(F)(F)C3)c3ncc(F)n3n2)c(OC(C)(C)C)n1. The number of alkyl halides is 2. The van der Waals surface area contributed by atoms with Crippen LogP contribution in [0.5, 0.6) is 11.9 Å². The van der Waals surface area contributed by atoms with Crippen molar-refractivity contribution in [3.05, 3.63) is 24.4 Å². The number of aromatic nitrogens is 5. The maximum absolute atomic E-state index is 14.5. The Morgan fingerprint density at radius 1 is 1.21 bits per heavy atom. The summed E-state index contributed by atoms with van der Waals surface area (Å²) in [6, 6.07) is 1.75. The number of hydrogen-bond donors (Lipinski definition) is 0. The zero-order valence-electron chi connectivity index (χ0n) is 20.0. The average molecular weight is 479 g/mol. The molecular formula is C23H29F3N6O2. The first-order valence-corrected chi connectivity index (χ1v) is 11.3. The summed E-state index contributed by atoms with van der Waals surface area (Å²) < 4.78 is 55.8. The molecule has 1 aliphatic heterocycles. The number of imidazole rings is 1. The number of unbranched alkanes of at least 4 members (excludes halogenated alkanes) is 1. The van der Waals surface area contributed by atoms with E-state index in [0.717, 1.165) is 23.6 Å². The minimum absolute atomic E-state index is 0.104. The molecule has 0 aromatic carbocycles. The smallest absolute Gasteiger partial charge is 0.319 e. The van der Waals surface area contributed by atoms with Crippen LogP contribution in [-0.4, -0.2) is 55.8 Å². The Bertz CT molecular complexity index is 1180. The first-order chi connectivity index (χ1) is 16.0. The van der Waals surface area contributed by atoms with Gasteiger partial charge in [-0.05, 0) is 33.3 Å². The molecule has 1 fully saturated rings. The lowest BCUT2D eigenvalue weighted by Crippen LogP contribution is -2.27. The summed E-state index contributed by atoms with van der Waals surface area (Å²) in [6.07, 6.45) is 4.31. The van der Waals surface area contributed by atoms with Gasteiger partial charge < -0.3 is 14.4 Å². The van der Waals surface area contributed by atoms with Crippen molar-refractivity contribution in [1.82, 2.24) is 24.6 Å². The van der Waals surface area contributed by atoms with Gasteiger partial charge in [0.15, 0.2) is 5.65 Å². The van der Waals surface area contributed by atoms with Gasteiger partial charge in [0.05, 0.1) is 30.6 Å². The standard InChI is InChI=1S/C23H29F3N6O2/c1-6-7-8-33-21-28-10-15(20(29-21)34-22(3,4)5)16-9-17(19-27-11-18(24)32(19)30-16)31-12-14(2)23(25,26)13-31/h9-11,14H,6-8,12-13H2,1-5H3. The van der Waals surface area contributed by atoms with Crippen molar-refractivity contribution in [3.8, 4) is 23.1 Å². The lowest BCUT2D eigenvalue weighted by molar-refractivity contribution is -0.0137. The fraction of sp³-hybridized carbons (Fsp3) is 0.565. The van der Waals surface area contributed by atoms with Crippen LogP contribution in [0.1, 0.15) is 47.5 Å². The third kappa shape index (κ3) is 4.88. The summed E-state index contributed by atoms with van der Waals surface area (Å²) in [7, 11) is 0. The molecule has 3 aromatic heterocycles. The van der Waals surface area contributed by atoms with Gasteiger partial charge >= 0.3 is 6.01 Å². The van der Waals surface area contributed by atoms with Gasteiger partial charge in [-0.3, -0.25) is 0 Å². The van der Waals surface area contributed by atoms with Crippen LogP contribution in [0.2, 0.25) is 0 Å². The molecule has 34 heavy (non-hydrogen) atoms. The Morgan fingerprint density at radius 2 is 1.97 bits per heavy atom. The number of halogens is 3. The Hall–Kier alpha value is -3.11. The molecular weight excluding hydrogens is 449 g/mol. The van der Waals surface area contributed by atoms with Crippen LogP contribution in [0.3, 0.4) is 0 Å². The summed E-state index contributed by atoms with van der Waals surface area (Å²) in [5.41, 5.74) is 0.547. The van der Waals surface area contributed by atoms with Crippen LogP contribution in [0, 0.1) is 11.9 Å². The summed E-state index contributed by atoms with van der Waals surface area (Å²) >= 11 is 0. The van der Waals surface area contributed by atoms with Gasteiger partial charge in [-0.1, -0.05) is 20.3 Å². The molecule has 0 saturated carbocycles. The molecule has 4 heterocycles. The fourth-order valence-electron chi connectivity index (χ4n) is 3.68. The molecule has 1 atom stereocenters. The average Bonchev–Trinajstić information content (AvgIpc) is 3.25. The summed E-state index contributed by atoms with van der Waals surface area (Å²) in [5, 5.41) is 4.35. The molecule has 0 bridgehead atoms. The van der Waals surface area contributed by atoms with Crippen molar-refractivity contribution in [2.24, 2.45) is 5.92 Å². The summed E-state index contributed by atoms with van der Waals surface area (Å²) in [6.45, 7) is 9.20. The van der Waals surface area contributed by atoms with E-state index >= 15 is 0 Å². The van der Waals surface area contributed by atoms with E-state index in [4.69, 9.17) is 9.47 Å². The number of rotatable bonds is 7. The van der Waals surface area contributed by atoms with E-state index in [1.807, 2.05) is 27.7 Å². The maximum Gasteiger partial charge on any atom is 0.319 e.